The van der Waals surface area contributed by atoms with Gasteiger partial charge in [0.2, 0.25) is 0 Å². The minimum Gasteiger partial charge on any atom is -0.481 e. The Morgan fingerprint density at radius 1 is 0.926 bits per heavy atom. The van der Waals surface area contributed by atoms with Crippen molar-refractivity contribution in [2.45, 2.75) is 18.8 Å². The van der Waals surface area contributed by atoms with E-state index in [9.17, 15) is 19.5 Å². The zero-order valence-corrected chi connectivity index (χ0v) is 14.9. The molecular weight excluding hydrogens is 348 g/mol. The van der Waals surface area contributed by atoms with Gasteiger partial charge in [-0.15, -0.1) is 0 Å². The largest absolute Gasteiger partial charge is 0.481 e. The van der Waals surface area contributed by atoms with Crippen LogP contribution in [0.25, 0.3) is 11.1 Å². The number of methoxy groups -OCH3 is 1. The molecule has 0 unspecified atom stereocenters. The van der Waals surface area contributed by atoms with Crippen LogP contribution in [0.3, 0.4) is 0 Å². The van der Waals surface area contributed by atoms with E-state index in [4.69, 9.17) is 4.74 Å². The molecule has 6 nitrogen and oxygen atoms in total. The highest BCUT2D eigenvalue weighted by molar-refractivity contribution is 5.83. The lowest BCUT2D eigenvalue weighted by molar-refractivity contribution is -0.155. The Bertz CT molecular complexity index is 827. The number of rotatable bonds is 7. The van der Waals surface area contributed by atoms with Crippen molar-refractivity contribution < 1.29 is 29.0 Å². The summed E-state index contributed by atoms with van der Waals surface area (Å²) in [6.45, 7) is 0.122. The predicted molar refractivity (Wildman–Crippen MR) is 97.1 cm³/mol. The first-order valence-corrected chi connectivity index (χ1v) is 8.64. The molecule has 1 aliphatic rings. The van der Waals surface area contributed by atoms with Crippen LogP contribution in [0.2, 0.25) is 0 Å². The monoisotopic (exact) mass is 368 g/mol. The predicted octanol–water partition coefficient (Wildman–Crippen LogP) is 3.00. The quantitative estimate of drug-likeness (QED) is 0.756. The van der Waals surface area contributed by atoms with E-state index in [0.717, 1.165) is 22.3 Å². The lowest BCUT2D eigenvalue weighted by atomic mass is 9.98. The zero-order chi connectivity index (χ0) is 19.4. The van der Waals surface area contributed by atoms with E-state index < -0.39 is 23.8 Å². The molecule has 0 saturated carbocycles. The highest BCUT2D eigenvalue weighted by atomic mass is 16.5. The van der Waals surface area contributed by atoms with E-state index >= 15 is 0 Å². The van der Waals surface area contributed by atoms with Gasteiger partial charge < -0.3 is 14.6 Å². The molecule has 2 aromatic carbocycles. The summed E-state index contributed by atoms with van der Waals surface area (Å²) in [4.78, 5) is 34.7. The Kier molecular flexibility index (Phi) is 5.54. The normalized spacial score (nSPS) is 13.4. The molecule has 0 bridgehead atoms. The van der Waals surface area contributed by atoms with Gasteiger partial charge in [-0.25, -0.2) is 0 Å². The number of fused-ring (bicyclic) bond motifs is 3. The van der Waals surface area contributed by atoms with Crippen molar-refractivity contribution >= 4 is 17.9 Å². The molecule has 0 fully saturated rings. The highest BCUT2D eigenvalue weighted by Gasteiger charge is 2.30. The Hall–Kier alpha value is -3.15. The lowest BCUT2D eigenvalue weighted by Gasteiger charge is -2.15. The number of esters is 2. The molecule has 27 heavy (non-hydrogen) atoms. The summed E-state index contributed by atoms with van der Waals surface area (Å²) in [5.74, 6) is -3.80. The fourth-order valence-electron chi connectivity index (χ4n) is 3.41. The van der Waals surface area contributed by atoms with Crippen molar-refractivity contribution in [3.63, 3.8) is 0 Å². The second kappa shape index (κ2) is 8.03. The van der Waals surface area contributed by atoms with Crippen LogP contribution < -0.4 is 0 Å². The zero-order valence-electron chi connectivity index (χ0n) is 14.9. The third-order valence-corrected chi connectivity index (χ3v) is 4.78. The number of carboxylic acids is 1. The molecule has 0 spiro atoms. The minimum atomic E-state index is -1.23. The van der Waals surface area contributed by atoms with Crippen LogP contribution in [-0.4, -0.2) is 36.7 Å². The van der Waals surface area contributed by atoms with Crippen molar-refractivity contribution in [1.29, 1.82) is 0 Å². The molecule has 0 radical (unpaired) electrons. The van der Waals surface area contributed by atoms with Crippen molar-refractivity contribution in [3.05, 3.63) is 59.7 Å². The SMILES string of the molecule is COC(=O)C[C@H](CC(=O)OCC1c2ccccc2-c2ccccc21)C(=O)O. The highest BCUT2D eigenvalue weighted by Crippen LogP contribution is 2.44. The van der Waals surface area contributed by atoms with Gasteiger partial charge in [-0.05, 0) is 22.3 Å². The summed E-state index contributed by atoms with van der Waals surface area (Å²) in [5.41, 5.74) is 4.39. The van der Waals surface area contributed by atoms with E-state index in [1.807, 2.05) is 48.5 Å². The maximum absolute atomic E-state index is 12.2. The van der Waals surface area contributed by atoms with Crippen molar-refractivity contribution in [2.24, 2.45) is 5.92 Å². The fourth-order valence-corrected chi connectivity index (χ4v) is 3.41. The van der Waals surface area contributed by atoms with Gasteiger partial charge in [0.05, 0.1) is 25.9 Å². The van der Waals surface area contributed by atoms with E-state index in [-0.39, 0.29) is 25.4 Å². The third-order valence-electron chi connectivity index (χ3n) is 4.78. The molecule has 140 valence electrons. The van der Waals surface area contributed by atoms with E-state index in [1.54, 1.807) is 0 Å². The molecule has 1 aliphatic carbocycles. The smallest absolute Gasteiger partial charge is 0.307 e. The molecule has 0 heterocycles. The van der Waals surface area contributed by atoms with Gasteiger partial charge in [-0.1, -0.05) is 48.5 Å². The van der Waals surface area contributed by atoms with Crippen LogP contribution in [0, 0.1) is 5.92 Å². The molecule has 0 aromatic heterocycles. The van der Waals surface area contributed by atoms with Crippen molar-refractivity contribution in [3.8, 4) is 11.1 Å². The maximum Gasteiger partial charge on any atom is 0.307 e. The first kappa shape index (κ1) is 18.6. The summed E-state index contributed by atoms with van der Waals surface area (Å²) in [5, 5.41) is 9.19. The van der Waals surface area contributed by atoms with Gasteiger partial charge in [0.1, 0.15) is 6.61 Å². The van der Waals surface area contributed by atoms with E-state index in [1.165, 1.54) is 7.11 Å². The molecule has 3 rings (SSSR count). The number of hydrogen-bond donors (Lipinski definition) is 1. The summed E-state index contributed by atoms with van der Waals surface area (Å²) < 4.78 is 9.86. The average molecular weight is 368 g/mol. The van der Waals surface area contributed by atoms with Gasteiger partial charge in [-0.2, -0.15) is 0 Å². The Labute approximate surface area is 156 Å². The molecule has 6 heteroatoms. The number of benzene rings is 2. The third kappa shape index (κ3) is 4.00. The Morgan fingerprint density at radius 3 is 1.96 bits per heavy atom. The number of hydrogen-bond acceptors (Lipinski definition) is 5. The fraction of sp³-hybridized carbons (Fsp3) is 0.286. The van der Waals surface area contributed by atoms with E-state index in [0.29, 0.717) is 0 Å². The number of aliphatic carboxylic acids is 1. The number of ether oxygens (including phenoxy) is 2. The second-order valence-electron chi connectivity index (χ2n) is 6.43. The molecule has 1 atom stereocenters. The molecule has 0 aliphatic heterocycles. The molecule has 1 N–H and O–H groups in total. The van der Waals surface area contributed by atoms with Crippen LogP contribution >= 0.6 is 0 Å². The number of carboxylic acid groups (broad SMARTS) is 1. The van der Waals surface area contributed by atoms with E-state index in [2.05, 4.69) is 4.74 Å². The maximum atomic E-state index is 12.2. The van der Waals surface area contributed by atoms with Gasteiger partial charge in [-0.3, -0.25) is 14.4 Å². The van der Waals surface area contributed by atoms with Crippen LogP contribution in [0.1, 0.15) is 29.9 Å². The topological polar surface area (TPSA) is 89.9 Å². The standard InChI is InChI=1S/C21H20O6/c1-26-19(22)10-13(21(24)25)11-20(23)27-12-18-16-8-4-2-6-14(16)15-7-3-5-9-17(15)18/h2-9,13,18H,10-12H2,1H3,(H,24,25)/t13-/m1/s1. The summed E-state index contributed by atoms with van der Waals surface area (Å²) in [6.07, 6.45) is -0.740. The summed E-state index contributed by atoms with van der Waals surface area (Å²) in [7, 11) is 1.18. The van der Waals surface area contributed by atoms with Crippen LogP contribution in [-0.2, 0) is 23.9 Å². The molecular formula is C21H20O6. The molecule has 2 aromatic rings. The summed E-state index contributed by atoms with van der Waals surface area (Å²) >= 11 is 0. The van der Waals surface area contributed by atoms with Gasteiger partial charge in [0, 0.05) is 5.92 Å². The van der Waals surface area contributed by atoms with Crippen molar-refractivity contribution in [1.82, 2.24) is 0 Å². The van der Waals surface area contributed by atoms with Crippen LogP contribution in [0.4, 0.5) is 0 Å². The Balaban J connectivity index is 1.68. The number of carbonyl (C=O) groups excluding carboxylic acids is 2. The van der Waals surface area contributed by atoms with Crippen molar-refractivity contribution in [2.75, 3.05) is 13.7 Å². The first-order chi connectivity index (χ1) is 13.0. The lowest BCUT2D eigenvalue weighted by Crippen LogP contribution is -2.23. The van der Waals surface area contributed by atoms with Crippen LogP contribution in [0.15, 0.2) is 48.5 Å². The summed E-state index contributed by atoms with van der Waals surface area (Å²) in [6, 6.07) is 15.9. The Morgan fingerprint density at radius 2 is 1.44 bits per heavy atom. The van der Waals surface area contributed by atoms with Gasteiger partial charge >= 0.3 is 17.9 Å². The second-order valence-corrected chi connectivity index (χ2v) is 6.43. The van der Waals surface area contributed by atoms with Gasteiger partial charge in [0.15, 0.2) is 0 Å². The van der Waals surface area contributed by atoms with Gasteiger partial charge in [0.25, 0.3) is 0 Å². The first-order valence-electron chi connectivity index (χ1n) is 8.64. The minimum absolute atomic E-state index is 0.0924. The molecule has 0 saturated heterocycles. The van der Waals surface area contributed by atoms with Crippen LogP contribution in [0.5, 0.6) is 0 Å². The number of carbonyl (C=O) groups is 3. The average Bonchev–Trinajstić information content (AvgIpc) is 2.99. The molecule has 0 amide bonds.